The quantitative estimate of drug-likeness (QED) is 0.421. The molecule has 6 nitrogen and oxygen atoms in total. The van der Waals surface area contributed by atoms with Gasteiger partial charge in [-0.1, -0.05) is 24.7 Å². The van der Waals surface area contributed by atoms with Gasteiger partial charge in [0.1, 0.15) is 5.75 Å². The van der Waals surface area contributed by atoms with Crippen LogP contribution in [0.15, 0.2) is 60.1 Å². The fourth-order valence-corrected chi connectivity index (χ4v) is 2.83. The van der Waals surface area contributed by atoms with E-state index in [2.05, 4.69) is 10.3 Å². The number of anilines is 1. The Labute approximate surface area is 167 Å². The summed E-state index contributed by atoms with van der Waals surface area (Å²) in [5.41, 5.74) is 1.55. The molecule has 0 radical (unpaired) electrons. The number of carbonyl (C=O) groups is 2. The van der Waals surface area contributed by atoms with E-state index in [9.17, 15) is 9.59 Å². The predicted octanol–water partition coefficient (Wildman–Crippen LogP) is 5.14. The molecule has 0 atom stereocenters. The lowest BCUT2D eigenvalue weighted by atomic mass is 10.1. The van der Waals surface area contributed by atoms with Crippen LogP contribution in [0.2, 0.25) is 0 Å². The van der Waals surface area contributed by atoms with Crippen molar-refractivity contribution in [1.82, 2.24) is 4.98 Å². The normalized spacial score (nSPS) is 10.3. The Morgan fingerprint density at radius 2 is 1.75 bits per heavy atom. The fraction of sp³-hybridized carbons (Fsp3) is 0.190. The van der Waals surface area contributed by atoms with E-state index in [1.165, 1.54) is 11.3 Å². The summed E-state index contributed by atoms with van der Waals surface area (Å²) in [5, 5.41) is 5.17. The molecule has 3 rings (SSSR count). The van der Waals surface area contributed by atoms with Gasteiger partial charge in [0, 0.05) is 22.8 Å². The van der Waals surface area contributed by atoms with Gasteiger partial charge in [-0.05, 0) is 55.0 Å². The molecule has 0 saturated heterocycles. The summed E-state index contributed by atoms with van der Waals surface area (Å²) in [5.74, 6) is -0.00125. The molecule has 1 amide bonds. The van der Waals surface area contributed by atoms with Gasteiger partial charge in [0.25, 0.3) is 11.1 Å². The molecule has 7 heteroatoms. The third kappa shape index (κ3) is 5.40. The van der Waals surface area contributed by atoms with Crippen molar-refractivity contribution >= 4 is 28.9 Å². The first-order chi connectivity index (χ1) is 13.7. The van der Waals surface area contributed by atoms with Gasteiger partial charge in [0.15, 0.2) is 0 Å². The van der Waals surface area contributed by atoms with Gasteiger partial charge in [0.2, 0.25) is 0 Å². The molecule has 1 N–H and O–H groups in total. The van der Waals surface area contributed by atoms with Crippen LogP contribution in [0.5, 0.6) is 10.9 Å². The highest BCUT2D eigenvalue weighted by Gasteiger charge is 2.10. The van der Waals surface area contributed by atoms with Crippen LogP contribution >= 0.6 is 11.3 Å². The van der Waals surface area contributed by atoms with Crippen molar-refractivity contribution < 1.29 is 19.1 Å². The highest BCUT2D eigenvalue weighted by molar-refractivity contribution is 7.11. The smallest absolute Gasteiger partial charge is 0.338 e. The Morgan fingerprint density at radius 1 is 1.04 bits per heavy atom. The lowest BCUT2D eigenvalue weighted by molar-refractivity contribution is 0.0499. The van der Waals surface area contributed by atoms with E-state index < -0.39 is 0 Å². The summed E-state index contributed by atoms with van der Waals surface area (Å²) in [7, 11) is 0. The SMILES string of the molecule is CCCCOC(=O)c1ccc(NC(=O)c2ccc(Oc3nccs3)cc2)cc1. The fourth-order valence-electron chi connectivity index (χ4n) is 2.32. The first kappa shape index (κ1) is 19.6. The van der Waals surface area contributed by atoms with Crippen LogP contribution in [-0.2, 0) is 4.74 Å². The highest BCUT2D eigenvalue weighted by Crippen LogP contribution is 2.23. The molecule has 2 aromatic carbocycles. The van der Waals surface area contributed by atoms with Gasteiger partial charge in [-0.3, -0.25) is 4.79 Å². The van der Waals surface area contributed by atoms with Crippen molar-refractivity contribution in [3.63, 3.8) is 0 Å². The average Bonchev–Trinajstić information content (AvgIpc) is 3.22. The first-order valence-corrected chi connectivity index (χ1v) is 9.79. The molecule has 28 heavy (non-hydrogen) atoms. The molecule has 144 valence electrons. The Hall–Kier alpha value is -3.19. The Bertz CT molecular complexity index is 907. The summed E-state index contributed by atoms with van der Waals surface area (Å²) >= 11 is 1.39. The number of rotatable bonds is 8. The molecule has 0 bridgehead atoms. The molecule has 0 saturated carbocycles. The summed E-state index contributed by atoms with van der Waals surface area (Å²) < 4.78 is 10.7. The van der Waals surface area contributed by atoms with Crippen molar-refractivity contribution in [2.24, 2.45) is 0 Å². The van der Waals surface area contributed by atoms with E-state index in [1.54, 1.807) is 54.7 Å². The molecular weight excluding hydrogens is 376 g/mol. The molecule has 1 aromatic heterocycles. The minimum absolute atomic E-state index is 0.251. The Balaban J connectivity index is 1.56. The van der Waals surface area contributed by atoms with Crippen LogP contribution in [0, 0.1) is 0 Å². The van der Waals surface area contributed by atoms with Gasteiger partial charge in [-0.25, -0.2) is 9.78 Å². The van der Waals surface area contributed by atoms with Crippen molar-refractivity contribution in [2.45, 2.75) is 19.8 Å². The third-order valence-corrected chi connectivity index (χ3v) is 4.49. The van der Waals surface area contributed by atoms with Crippen LogP contribution in [0.1, 0.15) is 40.5 Å². The summed E-state index contributed by atoms with van der Waals surface area (Å²) in [6, 6.07) is 13.4. The number of hydrogen-bond acceptors (Lipinski definition) is 6. The van der Waals surface area contributed by atoms with E-state index in [-0.39, 0.29) is 11.9 Å². The number of esters is 1. The van der Waals surface area contributed by atoms with Gasteiger partial charge < -0.3 is 14.8 Å². The zero-order valence-corrected chi connectivity index (χ0v) is 16.2. The van der Waals surface area contributed by atoms with Crippen molar-refractivity contribution in [2.75, 3.05) is 11.9 Å². The number of nitrogens with one attached hydrogen (secondary N) is 1. The second-order valence-electron chi connectivity index (χ2n) is 5.95. The maximum Gasteiger partial charge on any atom is 0.338 e. The number of aromatic nitrogens is 1. The Kier molecular flexibility index (Phi) is 6.75. The van der Waals surface area contributed by atoms with E-state index in [0.29, 0.717) is 34.4 Å². The van der Waals surface area contributed by atoms with E-state index in [0.717, 1.165) is 12.8 Å². The molecule has 0 unspecified atom stereocenters. The molecule has 0 aliphatic heterocycles. The summed E-state index contributed by atoms with van der Waals surface area (Å²) in [4.78, 5) is 28.3. The lowest BCUT2D eigenvalue weighted by Crippen LogP contribution is -2.12. The van der Waals surface area contributed by atoms with E-state index in [1.807, 2.05) is 12.3 Å². The number of ether oxygens (including phenoxy) is 2. The van der Waals surface area contributed by atoms with Gasteiger partial charge in [-0.15, -0.1) is 0 Å². The van der Waals surface area contributed by atoms with Gasteiger partial charge in [0.05, 0.1) is 12.2 Å². The minimum atomic E-state index is -0.359. The lowest BCUT2D eigenvalue weighted by Gasteiger charge is -2.08. The number of hydrogen-bond donors (Lipinski definition) is 1. The maximum absolute atomic E-state index is 12.4. The molecule has 0 spiro atoms. The van der Waals surface area contributed by atoms with Crippen molar-refractivity contribution in [3.8, 4) is 10.9 Å². The number of unbranched alkanes of at least 4 members (excludes halogenated alkanes) is 1. The number of amides is 1. The molecule has 3 aromatic rings. The number of benzene rings is 2. The van der Waals surface area contributed by atoms with Crippen LogP contribution in [0.4, 0.5) is 5.69 Å². The molecular formula is C21H20N2O4S. The minimum Gasteiger partial charge on any atom is -0.462 e. The first-order valence-electron chi connectivity index (χ1n) is 8.91. The van der Waals surface area contributed by atoms with Gasteiger partial charge >= 0.3 is 5.97 Å². The monoisotopic (exact) mass is 396 g/mol. The van der Waals surface area contributed by atoms with Crippen molar-refractivity contribution in [1.29, 1.82) is 0 Å². The largest absolute Gasteiger partial charge is 0.462 e. The van der Waals surface area contributed by atoms with Crippen molar-refractivity contribution in [3.05, 3.63) is 71.2 Å². The summed E-state index contributed by atoms with van der Waals surface area (Å²) in [6.45, 7) is 2.45. The number of nitrogens with zero attached hydrogens (tertiary/aromatic N) is 1. The van der Waals surface area contributed by atoms with Crippen LogP contribution in [-0.4, -0.2) is 23.5 Å². The standard InChI is InChI=1S/C21H20N2O4S/c1-2-3-13-26-20(25)16-4-8-17(9-5-16)23-19(24)15-6-10-18(11-7-15)27-21-22-12-14-28-21/h4-12,14H,2-3,13H2,1H3,(H,23,24). The molecule has 0 aliphatic rings. The van der Waals surface area contributed by atoms with Crippen LogP contribution in [0.25, 0.3) is 0 Å². The number of carbonyl (C=O) groups excluding carboxylic acids is 2. The molecule has 0 fully saturated rings. The summed E-state index contributed by atoms with van der Waals surface area (Å²) in [6.07, 6.45) is 3.47. The number of thiazole rings is 1. The topological polar surface area (TPSA) is 77.5 Å². The molecule has 1 heterocycles. The highest BCUT2D eigenvalue weighted by atomic mass is 32.1. The van der Waals surface area contributed by atoms with Crippen LogP contribution in [0.3, 0.4) is 0 Å². The average molecular weight is 396 g/mol. The van der Waals surface area contributed by atoms with E-state index in [4.69, 9.17) is 9.47 Å². The zero-order valence-electron chi connectivity index (χ0n) is 15.4. The van der Waals surface area contributed by atoms with Gasteiger partial charge in [-0.2, -0.15) is 0 Å². The zero-order chi connectivity index (χ0) is 19.8. The Morgan fingerprint density at radius 3 is 2.39 bits per heavy atom. The maximum atomic E-state index is 12.4. The van der Waals surface area contributed by atoms with E-state index >= 15 is 0 Å². The second-order valence-corrected chi connectivity index (χ2v) is 6.80. The third-order valence-electron chi connectivity index (χ3n) is 3.84. The predicted molar refractivity (Wildman–Crippen MR) is 108 cm³/mol. The van der Waals surface area contributed by atoms with Crippen LogP contribution < -0.4 is 10.1 Å². The second kappa shape index (κ2) is 9.66. The molecule has 0 aliphatic carbocycles.